The Bertz CT molecular complexity index is 1530. The molecule has 4 aromatic rings. The van der Waals surface area contributed by atoms with Gasteiger partial charge in [-0.15, -0.1) is 0 Å². The third-order valence-electron chi connectivity index (χ3n) is 7.85. The van der Waals surface area contributed by atoms with E-state index < -0.39 is 5.97 Å². The summed E-state index contributed by atoms with van der Waals surface area (Å²) in [4.78, 5) is 19.6. The van der Waals surface area contributed by atoms with Crippen LogP contribution in [-0.2, 0) is 35.5 Å². The summed E-state index contributed by atoms with van der Waals surface area (Å²) >= 11 is 12.5. The van der Waals surface area contributed by atoms with E-state index >= 15 is 0 Å². The highest BCUT2D eigenvalue weighted by Gasteiger charge is 2.22. The van der Waals surface area contributed by atoms with Crippen molar-refractivity contribution in [3.8, 4) is 0 Å². The van der Waals surface area contributed by atoms with Gasteiger partial charge in [0, 0.05) is 29.6 Å². The number of aryl methyl sites for hydroxylation is 2. The van der Waals surface area contributed by atoms with Crippen molar-refractivity contribution in [2.45, 2.75) is 44.7 Å². The molecule has 0 unspecified atom stereocenters. The molecule has 0 amide bonds. The summed E-state index contributed by atoms with van der Waals surface area (Å²) in [7, 11) is 1.38. The number of methoxy groups -OCH3 is 1. The number of benzene rings is 3. The highest BCUT2D eigenvalue weighted by atomic mass is 35.5. The van der Waals surface area contributed by atoms with Gasteiger partial charge in [0.05, 0.1) is 23.7 Å². The molecule has 0 atom stereocenters. The van der Waals surface area contributed by atoms with Gasteiger partial charge in [-0.25, -0.2) is 9.78 Å². The molecule has 1 aliphatic rings. The molecule has 212 valence electrons. The van der Waals surface area contributed by atoms with Crippen LogP contribution in [0.5, 0.6) is 0 Å². The molecule has 0 saturated carbocycles. The SMILES string of the molecule is C=C/C(=C\Cc1nc2cc(CN3CCC(c4cc(Cl)cc(Cl)c4)CC3)ccc2n1CCc1ccccc1)C(=O)OC. The van der Waals surface area contributed by atoms with Gasteiger partial charge in [0.2, 0.25) is 0 Å². The molecule has 0 bridgehead atoms. The number of hydrogen-bond donors (Lipinski definition) is 0. The minimum absolute atomic E-state index is 0.392. The summed E-state index contributed by atoms with van der Waals surface area (Å²) in [6.07, 6.45) is 6.94. The number of carbonyl (C=O) groups excluding carboxylic acids is 1. The van der Waals surface area contributed by atoms with Crippen molar-refractivity contribution in [2.24, 2.45) is 0 Å². The number of carbonyl (C=O) groups is 1. The third kappa shape index (κ3) is 7.28. The molecular formula is C34H35Cl2N3O2. The third-order valence-corrected chi connectivity index (χ3v) is 8.29. The Kier molecular flexibility index (Phi) is 9.60. The van der Waals surface area contributed by atoms with Crippen molar-refractivity contribution >= 4 is 40.2 Å². The number of likely N-dealkylation sites (tertiary alicyclic amines) is 1. The predicted octanol–water partition coefficient (Wildman–Crippen LogP) is 7.79. The molecule has 7 heteroatoms. The van der Waals surface area contributed by atoms with Crippen molar-refractivity contribution in [2.75, 3.05) is 20.2 Å². The van der Waals surface area contributed by atoms with Gasteiger partial charge in [-0.3, -0.25) is 4.90 Å². The lowest BCUT2D eigenvalue weighted by Gasteiger charge is -2.32. The number of fused-ring (bicyclic) bond motifs is 1. The number of ether oxygens (including phenoxy) is 1. The first-order chi connectivity index (χ1) is 19.9. The Morgan fingerprint density at radius 3 is 2.44 bits per heavy atom. The standard InChI is InChI=1S/C34H35Cl2N3O2/c1-3-26(34(40)41-2)10-12-33-37-31-19-25(9-11-32(31)39(33)18-13-24-7-5-4-6-8-24)23-38-16-14-27(15-17-38)28-20-29(35)22-30(36)21-28/h3-11,19-22,27H,1,12-18,23H2,2H3/b26-10+. The summed E-state index contributed by atoms with van der Waals surface area (Å²) in [5.74, 6) is 1.00. The number of hydrogen-bond acceptors (Lipinski definition) is 4. The van der Waals surface area contributed by atoms with Crippen LogP contribution >= 0.6 is 23.2 Å². The normalized spacial score (nSPS) is 14.9. The maximum absolute atomic E-state index is 12.1. The first kappa shape index (κ1) is 29.1. The van der Waals surface area contributed by atoms with Gasteiger partial charge in [-0.05, 0) is 85.3 Å². The number of allylic oxidation sites excluding steroid dienone is 1. The minimum atomic E-state index is -0.392. The van der Waals surface area contributed by atoms with E-state index in [9.17, 15) is 4.79 Å². The van der Waals surface area contributed by atoms with Crippen LogP contribution in [-0.4, -0.2) is 40.6 Å². The molecule has 5 rings (SSSR count). The average molecular weight is 589 g/mol. The Balaban J connectivity index is 1.33. The van der Waals surface area contributed by atoms with E-state index in [1.54, 1.807) is 6.07 Å². The fourth-order valence-electron chi connectivity index (χ4n) is 5.68. The first-order valence-corrected chi connectivity index (χ1v) is 14.8. The maximum Gasteiger partial charge on any atom is 0.337 e. The second-order valence-electron chi connectivity index (χ2n) is 10.6. The molecule has 1 saturated heterocycles. The Hall–Kier alpha value is -3.38. The summed E-state index contributed by atoms with van der Waals surface area (Å²) in [5.41, 5.74) is 6.27. The van der Waals surface area contributed by atoms with Crippen molar-refractivity contribution in [1.29, 1.82) is 0 Å². The van der Waals surface area contributed by atoms with Crippen molar-refractivity contribution < 1.29 is 9.53 Å². The number of halogens is 2. The van der Waals surface area contributed by atoms with E-state index in [0.717, 1.165) is 62.3 Å². The van der Waals surface area contributed by atoms with Gasteiger partial charge in [-0.2, -0.15) is 0 Å². The van der Waals surface area contributed by atoms with Gasteiger partial charge < -0.3 is 9.30 Å². The van der Waals surface area contributed by atoms with Crippen LogP contribution in [0.15, 0.2) is 91.0 Å². The Morgan fingerprint density at radius 2 is 1.76 bits per heavy atom. The first-order valence-electron chi connectivity index (χ1n) is 14.0. The monoisotopic (exact) mass is 587 g/mol. The second kappa shape index (κ2) is 13.5. The molecule has 0 radical (unpaired) electrons. The molecule has 1 aliphatic heterocycles. The molecule has 0 aliphatic carbocycles. The lowest BCUT2D eigenvalue weighted by atomic mass is 9.89. The van der Waals surface area contributed by atoms with Crippen LogP contribution in [0.4, 0.5) is 0 Å². The minimum Gasteiger partial charge on any atom is -0.465 e. The summed E-state index contributed by atoms with van der Waals surface area (Å²) in [6, 6.07) is 23.0. The zero-order chi connectivity index (χ0) is 28.8. The van der Waals surface area contributed by atoms with E-state index in [2.05, 4.69) is 58.5 Å². The molecule has 1 aromatic heterocycles. The quantitative estimate of drug-likeness (QED) is 0.108. The molecular weight excluding hydrogens is 553 g/mol. The van der Waals surface area contributed by atoms with E-state index in [-0.39, 0.29) is 0 Å². The number of aromatic nitrogens is 2. The van der Waals surface area contributed by atoms with E-state index in [1.165, 1.54) is 29.9 Å². The number of nitrogens with zero attached hydrogens (tertiary/aromatic N) is 3. The fraction of sp³-hybridized carbons (Fsp3) is 0.294. The van der Waals surface area contributed by atoms with Gasteiger partial charge in [0.1, 0.15) is 5.82 Å². The molecule has 1 fully saturated rings. The molecule has 3 aromatic carbocycles. The molecule has 41 heavy (non-hydrogen) atoms. The van der Waals surface area contributed by atoms with Crippen LogP contribution in [0.2, 0.25) is 10.0 Å². The van der Waals surface area contributed by atoms with Gasteiger partial charge in [0.25, 0.3) is 0 Å². The predicted molar refractivity (Wildman–Crippen MR) is 168 cm³/mol. The topological polar surface area (TPSA) is 47.4 Å². The van der Waals surface area contributed by atoms with Crippen molar-refractivity contribution in [3.05, 3.63) is 124 Å². The van der Waals surface area contributed by atoms with Gasteiger partial charge >= 0.3 is 5.97 Å². The van der Waals surface area contributed by atoms with Crippen LogP contribution in [0, 0.1) is 0 Å². The summed E-state index contributed by atoms with van der Waals surface area (Å²) < 4.78 is 7.16. The van der Waals surface area contributed by atoms with Crippen LogP contribution in [0.25, 0.3) is 11.0 Å². The second-order valence-corrected chi connectivity index (χ2v) is 11.4. The number of esters is 1. The van der Waals surface area contributed by atoms with Crippen LogP contribution in [0.3, 0.4) is 0 Å². The van der Waals surface area contributed by atoms with Crippen molar-refractivity contribution in [1.82, 2.24) is 14.5 Å². The Labute approximate surface area is 252 Å². The average Bonchev–Trinajstić information content (AvgIpc) is 3.33. The van der Waals surface area contributed by atoms with E-state index in [1.807, 2.05) is 24.3 Å². The molecule has 0 N–H and O–H groups in total. The smallest absolute Gasteiger partial charge is 0.337 e. The van der Waals surface area contributed by atoms with Crippen LogP contribution < -0.4 is 0 Å². The highest BCUT2D eigenvalue weighted by Crippen LogP contribution is 2.32. The lowest BCUT2D eigenvalue weighted by Crippen LogP contribution is -2.32. The molecule has 2 heterocycles. The summed E-state index contributed by atoms with van der Waals surface area (Å²) in [6.45, 7) is 7.49. The van der Waals surface area contributed by atoms with Gasteiger partial charge in [-0.1, -0.05) is 78.3 Å². The Morgan fingerprint density at radius 1 is 1.02 bits per heavy atom. The van der Waals surface area contributed by atoms with Crippen molar-refractivity contribution in [3.63, 3.8) is 0 Å². The number of piperidine rings is 1. The zero-order valence-electron chi connectivity index (χ0n) is 23.4. The van der Waals surface area contributed by atoms with Crippen LogP contribution in [0.1, 0.15) is 41.3 Å². The highest BCUT2D eigenvalue weighted by molar-refractivity contribution is 6.34. The van der Waals surface area contributed by atoms with E-state index in [0.29, 0.717) is 28.0 Å². The van der Waals surface area contributed by atoms with Gasteiger partial charge in [0.15, 0.2) is 0 Å². The maximum atomic E-state index is 12.1. The lowest BCUT2D eigenvalue weighted by molar-refractivity contribution is -0.135. The number of imidazole rings is 1. The van der Waals surface area contributed by atoms with E-state index in [4.69, 9.17) is 32.9 Å². The number of rotatable bonds is 10. The zero-order valence-corrected chi connectivity index (χ0v) is 24.9. The summed E-state index contributed by atoms with van der Waals surface area (Å²) in [5, 5.41) is 1.40. The largest absolute Gasteiger partial charge is 0.465 e. The molecule has 0 spiro atoms. The fourth-order valence-corrected chi connectivity index (χ4v) is 6.22. The molecule has 5 nitrogen and oxygen atoms in total.